The van der Waals surface area contributed by atoms with Crippen LogP contribution in [0.4, 0.5) is 26.2 Å². The van der Waals surface area contributed by atoms with Crippen molar-refractivity contribution in [1.29, 1.82) is 0 Å². The fourth-order valence-electron chi connectivity index (χ4n) is 5.55. The number of fused-ring (bicyclic) bond motifs is 1. The lowest BCUT2D eigenvalue weighted by molar-refractivity contribution is 0.0697. The number of anilines is 3. The van der Waals surface area contributed by atoms with E-state index >= 15 is 0 Å². The number of halogens is 1. The van der Waals surface area contributed by atoms with Gasteiger partial charge in [-0.3, -0.25) is 9.97 Å². The zero-order valence-corrected chi connectivity index (χ0v) is 23.2. The van der Waals surface area contributed by atoms with Crippen molar-refractivity contribution < 1.29 is 19.1 Å². The van der Waals surface area contributed by atoms with Crippen LogP contribution in [0.25, 0.3) is 22.2 Å². The molecule has 9 heteroatoms. The summed E-state index contributed by atoms with van der Waals surface area (Å²) in [6.45, 7) is 5.13. The predicted molar refractivity (Wildman–Crippen MR) is 160 cm³/mol. The highest BCUT2D eigenvalue weighted by atomic mass is 19.1. The van der Waals surface area contributed by atoms with Crippen LogP contribution in [0.1, 0.15) is 56.3 Å². The number of carbonyl (C=O) groups is 2. The summed E-state index contributed by atoms with van der Waals surface area (Å²) in [6, 6.07) is 14.2. The second-order valence-corrected chi connectivity index (χ2v) is 10.9. The fraction of sp³-hybridized carbons (Fsp3) is 0.312. The summed E-state index contributed by atoms with van der Waals surface area (Å²) in [5.74, 6) is -1.32. The maximum absolute atomic E-state index is 14.3. The summed E-state index contributed by atoms with van der Waals surface area (Å²) < 4.78 is 14.3. The molecule has 0 spiro atoms. The van der Waals surface area contributed by atoms with E-state index in [0.717, 1.165) is 49.5 Å². The van der Waals surface area contributed by atoms with Crippen molar-refractivity contribution in [2.24, 2.45) is 5.92 Å². The molecule has 0 bridgehead atoms. The SMILES string of the molecule is CC(C)CN(c1ccc(-c2cc(F)ccc2C(=O)O)cc1NC(=O)Nc1ccc2nccnc2c1)C1CCCCC1. The van der Waals surface area contributed by atoms with Crippen molar-refractivity contribution in [3.8, 4) is 11.1 Å². The summed E-state index contributed by atoms with van der Waals surface area (Å²) in [5.41, 5.74) is 4.02. The lowest BCUT2D eigenvalue weighted by Gasteiger charge is -2.38. The molecule has 0 aliphatic heterocycles. The van der Waals surface area contributed by atoms with Gasteiger partial charge in [-0.1, -0.05) is 39.2 Å². The Morgan fingerprint density at radius 2 is 1.71 bits per heavy atom. The molecule has 3 N–H and O–H groups in total. The van der Waals surface area contributed by atoms with Crippen molar-refractivity contribution >= 4 is 40.1 Å². The number of hydrogen-bond acceptors (Lipinski definition) is 5. The minimum atomic E-state index is -1.15. The van der Waals surface area contributed by atoms with E-state index in [1.54, 1.807) is 42.7 Å². The maximum atomic E-state index is 14.3. The monoisotopic (exact) mass is 555 g/mol. The van der Waals surface area contributed by atoms with Crippen molar-refractivity contribution in [3.05, 3.63) is 78.4 Å². The molecular formula is C32H34FN5O3. The van der Waals surface area contributed by atoms with E-state index in [0.29, 0.717) is 34.4 Å². The van der Waals surface area contributed by atoms with Crippen LogP contribution in [0.5, 0.6) is 0 Å². The van der Waals surface area contributed by atoms with E-state index in [1.165, 1.54) is 18.6 Å². The summed E-state index contributed by atoms with van der Waals surface area (Å²) in [6.07, 6.45) is 8.84. The minimum Gasteiger partial charge on any atom is -0.478 e. The molecule has 41 heavy (non-hydrogen) atoms. The zero-order chi connectivity index (χ0) is 28.9. The molecule has 0 unspecified atom stereocenters. The van der Waals surface area contributed by atoms with Gasteiger partial charge in [0.05, 0.1) is 28.0 Å². The van der Waals surface area contributed by atoms with Gasteiger partial charge in [0.15, 0.2) is 0 Å². The third kappa shape index (κ3) is 6.62. The van der Waals surface area contributed by atoms with Crippen LogP contribution in [-0.2, 0) is 0 Å². The number of hydrogen-bond donors (Lipinski definition) is 3. The van der Waals surface area contributed by atoms with E-state index in [9.17, 15) is 19.1 Å². The highest BCUT2D eigenvalue weighted by Gasteiger charge is 2.25. The van der Waals surface area contributed by atoms with Gasteiger partial charge >= 0.3 is 12.0 Å². The number of rotatable bonds is 8. The molecule has 1 aliphatic carbocycles. The van der Waals surface area contributed by atoms with E-state index in [4.69, 9.17) is 0 Å². The number of nitrogens with zero attached hydrogens (tertiary/aromatic N) is 3. The quantitative estimate of drug-likeness (QED) is 0.207. The van der Waals surface area contributed by atoms with E-state index < -0.39 is 17.8 Å². The largest absolute Gasteiger partial charge is 0.478 e. The predicted octanol–water partition coefficient (Wildman–Crippen LogP) is 7.57. The first kappa shape index (κ1) is 28.0. The smallest absolute Gasteiger partial charge is 0.336 e. The summed E-state index contributed by atoms with van der Waals surface area (Å²) in [7, 11) is 0. The number of urea groups is 1. The highest BCUT2D eigenvalue weighted by molar-refractivity contribution is 6.04. The first-order valence-corrected chi connectivity index (χ1v) is 14.0. The molecule has 0 atom stereocenters. The Morgan fingerprint density at radius 1 is 0.951 bits per heavy atom. The molecule has 1 saturated carbocycles. The van der Waals surface area contributed by atoms with Gasteiger partial charge in [0.25, 0.3) is 0 Å². The molecule has 8 nitrogen and oxygen atoms in total. The lowest BCUT2D eigenvalue weighted by Crippen LogP contribution is -2.40. The Balaban J connectivity index is 1.54. The second-order valence-electron chi connectivity index (χ2n) is 10.9. The zero-order valence-electron chi connectivity index (χ0n) is 23.2. The first-order chi connectivity index (χ1) is 19.8. The molecule has 1 aliphatic rings. The normalized spacial score (nSPS) is 13.8. The standard InChI is InChI=1S/C32H34FN5O3/c1-20(2)19-38(24-6-4-3-5-7-24)30-13-8-21(26-17-22(33)9-11-25(26)31(39)40)16-29(30)37-32(41)36-23-10-12-27-28(18-23)35-15-14-34-27/h8-18,20,24H,3-7,19H2,1-2H3,(H,39,40)(H2,36,37,41). The first-order valence-electron chi connectivity index (χ1n) is 14.0. The number of benzene rings is 3. The highest BCUT2D eigenvalue weighted by Crippen LogP contribution is 2.37. The molecular weight excluding hydrogens is 521 g/mol. The van der Waals surface area contributed by atoms with Crippen molar-refractivity contribution in [3.63, 3.8) is 0 Å². The van der Waals surface area contributed by atoms with E-state index in [2.05, 4.69) is 39.3 Å². The van der Waals surface area contributed by atoms with Gasteiger partial charge in [-0.15, -0.1) is 0 Å². The molecule has 0 radical (unpaired) electrons. The van der Waals surface area contributed by atoms with Crippen LogP contribution in [0.3, 0.4) is 0 Å². The number of aromatic nitrogens is 2. The number of aromatic carboxylic acids is 1. The van der Waals surface area contributed by atoms with Gasteiger partial charge in [0.1, 0.15) is 5.82 Å². The van der Waals surface area contributed by atoms with Gasteiger partial charge < -0.3 is 20.6 Å². The molecule has 1 aromatic heterocycles. The molecule has 2 amide bonds. The Morgan fingerprint density at radius 3 is 2.44 bits per heavy atom. The van der Waals surface area contributed by atoms with Crippen LogP contribution in [0.2, 0.25) is 0 Å². The van der Waals surface area contributed by atoms with Gasteiger partial charge in [0, 0.05) is 30.7 Å². The summed E-state index contributed by atoms with van der Waals surface area (Å²) in [4.78, 5) is 36.2. The molecule has 1 heterocycles. The van der Waals surface area contributed by atoms with Gasteiger partial charge in [-0.25, -0.2) is 14.0 Å². The Labute approximate surface area is 238 Å². The van der Waals surface area contributed by atoms with Crippen LogP contribution in [0, 0.1) is 11.7 Å². The lowest BCUT2D eigenvalue weighted by atomic mass is 9.92. The maximum Gasteiger partial charge on any atom is 0.336 e. The van der Waals surface area contributed by atoms with Crippen LogP contribution in [0.15, 0.2) is 67.0 Å². The molecule has 0 saturated heterocycles. The van der Waals surface area contributed by atoms with E-state index in [-0.39, 0.29) is 11.1 Å². The third-order valence-electron chi connectivity index (χ3n) is 7.38. The van der Waals surface area contributed by atoms with E-state index in [1.807, 2.05) is 6.07 Å². The second kappa shape index (κ2) is 12.3. The Hall–Kier alpha value is -4.53. The third-order valence-corrected chi connectivity index (χ3v) is 7.38. The van der Waals surface area contributed by atoms with Gasteiger partial charge in [-0.05, 0) is 78.4 Å². The Bertz CT molecular complexity index is 1570. The summed E-state index contributed by atoms with van der Waals surface area (Å²) in [5, 5.41) is 15.6. The van der Waals surface area contributed by atoms with Crippen molar-refractivity contribution in [2.75, 3.05) is 22.1 Å². The molecule has 5 rings (SSSR count). The molecule has 212 valence electrons. The number of nitrogens with one attached hydrogen (secondary N) is 2. The van der Waals surface area contributed by atoms with Crippen LogP contribution in [-0.4, -0.2) is 39.7 Å². The van der Waals surface area contributed by atoms with Crippen molar-refractivity contribution in [1.82, 2.24) is 9.97 Å². The fourth-order valence-corrected chi connectivity index (χ4v) is 5.55. The van der Waals surface area contributed by atoms with Gasteiger partial charge in [-0.2, -0.15) is 0 Å². The number of carbonyl (C=O) groups excluding carboxylic acids is 1. The average molecular weight is 556 g/mol. The average Bonchev–Trinajstić information content (AvgIpc) is 2.96. The summed E-state index contributed by atoms with van der Waals surface area (Å²) >= 11 is 0. The number of carboxylic acids is 1. The Kier molecular flexibility index (Phi) is 8.42. The minimum absolute atomic E-state index is 0.0156. The molecule has 4 aromatic rings. The van der Waals surface area contributed by atoms with Crippen LogP contribution < -0.4 is 15.5 Å². The number of carboxylic acid groups (broad SMARTS) is 1. The van der Waals surface area contributed by atoms with Crippen LogP contribution >= 0.6 is 0 Å². The molecule has 1 fully saturated rings. The van der Waals surface area contributed by atoms with Gasteiger partial charge in [0.2, 0.25) is 0 Å². The topological polar surface area (TPSA) is 107 Å². The van der Waals surface area contributed by atoms with Crippen molar-refractivity contribution in [2.45, 2.75) is 52.0 Å². The number of amides is 2. The molecule has 3 aromatic carbocycles.